The van der Waals surface area contributed by atoms with E-state index in [4.69, 9.17) is 9.47 Å². The number of tetrazole rings is 1. The molecule has 0 aliphatic carbocycles. The quantitative estimate of drug-likeness (QED) is 0.491. The van der Waals surface area contributed by atoms with Gasteiger partial charge in [0.05, 0.1) is 0 Å². The molecular weight excluding hydrogens is 314 g/mol. The number of benzene rings is 1. The van der Waals surface area contributed by atoms with E-state index in [9.17, 15) is 9.59 Å². The molecule has 9 heteroatoms. The van der Waals surface area contributed by atoms with E-state index in [1.54, 1.807) is 6.07 Å². The number of hydrogen-bond acceptors (Lipinski definition) is 8. The van der Waals surface area contributed by atoms with E-state index >= 15 is 0 Å². The predicted octanol–water partition coefficient (Wildman–Crippen LogP) is 1.31. The monoisotopic (exact) mass is 329 g/mol. The van der Waals surface area contributed by atoms with E-state index in [1.165, 1.54) is 20.0 Å². The van der Waals surface area contributed by atoms with Crippen molar-refractivity contribution in [1.82, 2.24) is 20.6 Å². The molecule has 1 aromatic carbocycles. The lowest BCUT2D eigenvalue weighted by atomic mass is 10.1. The van der Waals surface area contributed by atoms with Crippen molar-refractivity contribution in [2.45, 2.75) is 26.6 Å². The van der Waals surface area contributed by atoms with Gasteiger partial charge in [0, 0.05) is 31.3 Å². The summed E-state index contributed by atoms with van der Waals surface area (Å²) in [6.07, 6.45) is 1.27. The average molecular weight is 329 g/mol. The summed E-state index contributed by atoms with van der Waals surface area (Å²) >= 11 is 0. The number of aromatic nitrogens is 4. The van der Waals surface area contributed by atoms with Crippen molar-refractivity contribution in [3.63, 3.8) is 0 Å². The van der Waals surface area contributed by atoms with Gasteiger partial charge in [0.2, 0.25) is 5.82 Å². The zero-order chi connectivity index (χ0) is 17.3. The lowest BCUT2D eigenvalue weighted by Crippen LogP contribution is -2.42. The molecule has 2 aromatic rings. The number of ether oxygens (including phenoxy) is 2. The first kappa shape index (κ1) is 15.7. The number of carbonyl (C=O) groups is 2. The van der Waals surface area contributed by atoms with Gasteiger partial charge in [-0.15, -0.1) is 10.2 Å². The minimum absolute atomic E-state index is 0.210. The van der Waals surface area contributed by atoms with E-state index in [1.807, 2.05) is 19.1 Å². The number of nitrogens with one attached hydrogen (secondary N) is 2. The Morgan fingerprint density at radius 2 is 1.92 bits per heavy atom. The van der Waals surface area contributed by atoms with Gasteiger partial charge in [-0.2, -0.15) is 5.21 Å². The lowest BCUT2D eigenvalue weighted by molar-refractivity contribution is -0.222. The number of rotatable bonds is 3. The highest BCUT2D eigenvalue weighted by Gasteiger charge is 2.38. The number of aromatic amines is 1. The fraction of sp³-hybridized carbons (Fsp3) is 0.267. The fourth-order valence-corrected chi connectivity index (χ4v) is 2.13. The van der Waals surface area contributed by atoms with Crippen LogP contribution in [0.15, 0.2) is 30.0 Å². The van der Waals surface area contributed by atoms with Gasteiger partial charge in [0.15, 0.2) is 5.57 Å². The first-order chi connectivity index (χ1) is 11.4. The van der Waals surface area contributed by atoms with Crippen LogP contribution in [0.25, 0.3) is 11.4 Å². The normalized spacial score (nSPS) is 16.4. The van der Waals surface area contributed by atoms with Gasteiger partial charge >= 0.3 is 11.9 Å². The van der Waals surface area contributed by atoms with E-state index < -0.39 is 17.7 Å². The first-order valence-corrected chi connectivity index (χ1v) is 7.13. The molecule has 124 valence electrons. The molecule has 1 fully saturated rings. The topological polar surface area (TPSA) is 119 Å². The number of nitrogens with zero attached hydrogens (tertiary/aromatic N) is 3. The van der Waals surface area contributed by atoms with Crippen LogP contribution in [0, 0.1) is 6.92 Å². The molecule has 0 amide bonds. The van der Waals surface area contributed by atoms with E-state index in [2.05, 4.69) is 25.9 Å². The summed E-state index contributed by atoms with van der Waals surface area (Å²) in [6, 6.07) is 5.47. The van der Waals surface area contributed by atoms with Gasteiger partial charge in [-0.3, -0.25) is 0 Å². The van der Waals surface area contributed by atoms with Crippen molar-refractivity contribution in [3.05, 3.63) is 35.5 Å². The number of hydrogen-bond donors (Lipinski definition) is 2. The zero-order valence-electron chi connectivity index (χ0n) is 13.3. The molecule has 1 aliphatic heterocycles. The van der Waals surface area contributed by atoms with Crippen LogP contribution in [0.5, 0.6) is 0 Å². The summed E-state index contributed by atoms with van der Waals surface area (Å²) in [4.78, 5) is 23.8. The molecular formula is C15H15N5O4. The van der Waals surface area contributed by atoms with Gasteiger partial charge in [-0.25, -0.2) is 9.59 Å². The minimum Gasteiger partial charge on any atom is -0.419 e. The molecule has 0 saturated carbocycles. The summed E-state index contributed by atoms with van der Waals surface area (Å²) in [6.45, 7) is 4.86. The van der Waals surface area contributed by atoms with Crippen LogP contribution in [0.1, 0.15) is 19.4 Å². The van der Waals surface area contributed by atoms with Gasteiger partial charge in [0.25, 0.3) is 5.79 Å². The smallest absolute Gasteiger partial charge is 0.350 e. The van der Waals surface area contributed by atoms with Crippen molar-refractivity contribution in [2.75, 3.05) is 5.32 Å². The molecule has 1 aromatic heterocycles. The van der Waals surface area contributed by atoms with Gasteiger partial charge in [-0.1, -0.05) is 12.1 Å². The zero-order valence-corrected chi connectivity index (χ0v) is 13.3. The second-order valence-electron chi connectivity index (χ2n) is 5.65. The highest BCUT2D eigenvalue weighted by atomic mass is 16.7. The molecule has 3 rings (SSSR count). The SMILES string of the molecule is Cc1ccc(-c2nn[nH]n2)cc1NC=C1C(=O)OC(C)(C)OC1=O. The highest BCUT2D eigenvalue weighted by molar-refractivity contribution is 6.15. The highest BCUT2D eigenvalue weighted by Crippen LogP contribution is 2.25. The molecule has 0 radical (unpaired) electrons. The van der Waals surface area contributed by atoms with Gasteiger partial charge in [-0.05, 0) is 23.8 Å². The Morgan fingerprint density at radius 3 is 2.54 bits per heavy atom. The van der Waals surface area contributed by atoms with Crippen LogP contribution in [-0.2, 0) is 19.1 Å². The maximum absolute atomic E-state index is 11.9. The van der Waals surface area contributed by atoms with E-state index in [0.717, 1.165) is 11.1 Å². The van der Waals surface area contributed by atoms with Gasteiger partial charge in [0.1, 0.15) is 0 Å². The second-order valence-corrected chi connectivity index (χ2v) is 5.65. The first-order valence-electron chi connectivity index (χ1n) is 7.13. The Labute approximate surface area is 137 Å². The Morgan fingerprint density at radius 1 is 1.21 bits per heavy atom. The molecule has 1 aliphatic rings. The third-order valence-corrected chi connectivity index (χ3v) is 3.33. The van der Waals surface area contributed by atoms with Crippen LogP contribution in [0.2, 0.25) is 0 Å². The third kappa shape index (κ3) is 3.09. The van der Waals surface area contributed by atoms with Crippen molar-refractivity contribution < 1.29 is 19.1 Å². The minimum atomic E-state index is -1.26. The Balaban J connectivity index is 1.85. The molecule has 0 atom stereocenters. The fourth-order valence-electron chi connectivity index (χ4n) is 2.13. The average Bonchev–Trinajstić information content (AvgIpc) is 3.01. The van der Waals surface area contributed by atoms with Crippen LogP contribution in [-0.4, -0.2) is 38.3 Å². The summed E-state index contributed by atoms with van der Waals surface area (Å²) in [5.74, 6) is -2.31. The Bertz CT molecular complexity index is 804. The molecule has 1 saturated heterocycles. The molecule has 9 nitrogen and oxygen atoms in total. The lowest BCUT2D eigenvalue weighted by Gasteiger charge is -2.29. The summed E-state index contributed by atoms with van der Waals surface area (Å²) in [7, 11) is 0. The summed E-state index contributed by atoms with van der Waals surface area (Å²) < 4.78 is 10.1. The molecule has 2 heterocycles. The van der Waals surface area contributed by atoms with E-state index in [-0.39, 0.29) is 5.57 Å². The number of anilines is 1. The summed E-state index contributed by atoms with van der Waals surface area (Å²) in [5.41, 5.74) is 2.09. The van der Waals surface area contributed by atoms with Crippen LogP contribution in [0.4, 0.5) is 5.69 Å². The van der Waals surface area contributed by atoms with Crippen LogP contribution >= 0.6 is 0 Å². The molecule has 24 heavy (non-hydrogen) atoms. The van der Waals surface area contributed by atoms with E-state index in [0.29, 0.717) is 11.5 Å². The molecule has 2 N–H and O–H groups in total. The molecule has 0 unspecified atom stereocenters. The third-order valence-electron chi connectivity index (χ3n) is 3.33. The van der Waals surface area contributed by atoms with Crippen molar-refractivity contribution in [1.29, 1.82) is 0 Å². The van der Waals surface area contributed by atoms with Crippen LogP contribution < -0.4 is 5.32 Å². The molecule has 0 spiro atoms. The summed E-state index contributed by atoms with van der Waals surface area (Å²) in [5, 5.41) is 16.6. The Hall–Kier alpha value is -3.23. The number of aryl methyl sites for hydroxylation is 1. The number of carbonyl (C=O) groups excluding carboxylic acids is 2. The maximum atomic E-state index is 11.9. The van der Waals surface area contributed by atoms with Crippen molar-refractivity contribution in [2.24, 2.45) is 0 Å². The number of H-pyrrole nitrogens is 1. The Kier molecular flexibility index (Phi) is 3.76. The van der Waals surface area contributed by atoms with Crippen LogP contribution in [0.3, 0.4) is 0 Å². The maximum Gasteiger partial charge on any atom is 0.350 e. The van der Waals surface area contributed by atoms with Crippen molar-refractivity contribution in [3.8, 4) is 11.4 Å². The number of esters is 2. The second kappa shape index (κ2) is 5.76. The van der Waals surface area contributed by atoms with Gasteiger partial charge < -0.3 is 14.8 Å². The predicted molar refractivity (Wildman–Crippen MR) is 82.3 cm³/mol. The van der Waals surface area contributed by atoms with Crippen molar-refractivity contribution >= 4 is 17.6 Å². The number of cyclic esters (lactones) is 2. The molecule has 0 bridgehead atoms. The largest absolute Gasteiger partial charge is 0.419 e. The standard InChI is InChI=1S/C15H15N5O4/c1-8-4-5-9(12-17-19-20-18-12)6-11(8)16-7-10-13(21)23-15(2,3)24-14(10)22/h4-7,16H,1-3H3,(H,17,18,19,20).